The van der Waals surface area contributed by atoms with E-state index in [0.717, 1.165) is 12.2 Å². The molecule has 1 aromatic heterocycles. The molecule has 0 bridgehead atoms. The third kappa shape index (κ3) is 2.09. The van der Waals surface area contributed by atoms with Gasteiger partial charge in [-0.2, -0.15) is 0 Å². The van der Waals surface area contributed by atoms with Crippen LogP contribution in [-0.4, -0.2) is 4.98 Å². The van der Waals surface area contributed by atoms with Gasteiger partial charge >= 0.3 is 0 Å². The summed E-state index contributed by atoms with van der Waals surface area (Å²) in [5.41, 5.74) is 4.20. The number of fused-ring (bicyclic) bond motifs is 1. The summed E-state index contributed by atoms with van der Waals surface area (Å²) in [6.07, 6.45) is 0. The van der Waals surface area contributed by atoms with Crippen molar-refractivity contribution in [3.05, 3.63) is 58.5 Å². The number of nitrogens with zero attached hydrogens (tertiary/aromatic N) is 1. The van der Waals surface area contributed by atoms with Crippen LogP contribution in [0.2, 0.25) is 0 Å². The first-order valence-corrected chi connectivity index (χ1v) is 6.83. The Labute approximate surface area is 110 Å². The van der Waals surface area contributed by atoms with E-state index in [-0.39, 0.29) is 0 Å². The Kier molecular flexibility index (Phi) is 2.99. The van der Waals surface area contributed by atoms with Crippen molar-refractivity contribution in [2.24, 2.45) is 0 Å². The van der Waals surface area contributed by atoms with Crippen molar-refractivity contribution in [2.75, 3.05) is 5.32 Å². The van der Waals surface area contributed by atoms with Crippen LogP contribution in [0.25, 0.3) is 10.8 Å². The topological polar surface area (TPSA) is 24.9 Å². The summed E-state index contributed by atoms with van der Waals surface area (Å²) in [6, 6.07) is 14.8. The molecule has 0 atom stereocenters. The number of hydrogen-bond donors (Lipinski definition) is 1. The molecule has 90 valence electrons. The highest BCUT2D eigenvalue weighted by molar-refractivity contribution is 7.09. The van der Waals surface area contributed by atoms with E-state index in [4.69, 9.17) is 0 Å². The number of hydrogen-bond acceptors (Lipinski definition) is 3. The SMILES string of the molecule is Cc1ncsc1CNc1cccc2ccccc12. The van der Waals surface area contributed by atoms with Crippen LogP contribution in [0, 0.1) is 6.92 Å². The molecule has 0 spiro atoms. The zero-order valence-corrected chi connectivity index (χ0v) is 11.0. The molecule has 0 aliphatic carbocycles. The van der Waals surface area contributed by atoms with Gasteiger partial charge in [0.2, 0.25) is 0 Å². The molecule has 0 saturated carbocycles. The second-order valence-electron chi connectivity index (χ2n) is 4.24. The maximum absolute atomic E-state index is 4.27. The fraction of sp³-hybridized carbons (Fsp3) is 0.133. The van der Waals surface area contributed by atoms with E-state index in [9.17, 15) is 0 Å². The van der Waals surface area contributed by atoms with Crippen LogP contribution in [0.15, 0.2) is 48.0 Å². The summed E-state index contributed by atoms with van der Waals surface area (Å²) in [5, 5.41) is 6.03. The summed E-state index contributed by atoms with van der Waals surface area (Å²) in [5.74, 6) is 0. The fourth-order valence-corrected chi connectivity index (χ4v) is 2.77. The molecule has 2 aromatic carbocycles. The minimum atomic E-state index is 0.838. The monoisotopic (exact) mass is 254 g/mol. The van der Waals surface area contributed by atoms with Crippen LogP contribution < -0.4 is 5.32 Å². The van der Waals surface area contributed by atoms with Crippen molar-refractivity contribution in [3.63, 3.8) is 0 Å². The molecule has 1 N–H and O–H groups in total. The van der Waals surface area contributed by atoms with Gasteiger partial charge in [0.1, 0.15) is 0 Å². The summed E-state index contributed by atoms with van der Waals surface area (Å²) in [7, 11) is 0. The van der Waals surface area contributed by atoms with E-state index in [1.807, 2.05) is 5.51 Å². The van der Waals surface area contributed by atoms with Crippen LogP contribution in [-0.2, 0) is 6.54 Å². The van der Waals surface area contributed by atoms with Gasteiger partial charge in [-0.05, 0) is 18.4 Å². The average Bonchev–Trinajstić information content (AvgIpc) is 2.82. The van der Waals surface area contributed by atoms with Crippen molar-refractivity contribution >= 4 is 27.8 Å². The van der Waals surface area contributed by atoms with Crippen molar-refractivity contribution in [3.8, 4) is 0 Å². The first kappa shape index (κ1) is 11.2. The highest BCUT2D eigenvalue weighted by Crippen LogP contribution is 2.24. The standard InChI is InChI=1S/C15H14N2S/c1-11-15(18-10-17-11)9-16-14-8-4-6-12-5-2-3-7-13(12)14/h2-8,10,16H,9H2,1H3. The fourth-order valence-electron chi connectivity index (χ4n) is 2.05. The van der Waals surface area contributed by atoms with E-state index < -0.39 is 0 Å². The van der Waals surface area contributed by atoms with Crippen LogP contribution in [0.5, 0.6) is 0 Å². The molecule has 0 aliphatic heterocycles. The number of anilines is 1. The lowest BCUT2D eigenvalue weighted by Crippen LogP contribution is -1.99. The van der Waals surface area contributed by atoms with E-state index in [1.54, 1.807) is 11.3 Å². The van der Waals surface area contributed by atoms with Crippen LogP contribution in [0.4, 0.5) is 5.69 Å². The second kappa shape index (κ2) is 4.78. The predicted molar refractivity (Wildman–Crippen MR) is 78.1 cm³/mol. The number of aromatic nitrogens is 1. The van der Waals surface area contributed by atoms with Gasteiger partial charge in [0.25, 0.3) is 0 Å². The Morgan fingerprint density at radius 1 is 1.11 bits per heavy atom. The quantitative estimate of drug-likeness (QED) is 0.757. The Hall–Kier alpha value is -1.87. The number of nitrogens with one attached hydrogen (secondary N) is 1. The summed E-state index contributed by atoms with van der Waals surface area (Å²) in [6.45, 7) is 2.89. The van der Waals surface area contributed by atoms with E-state index >= 15 is 0 Å². The predicted octanol–water partition coefficient (Wildman–Crippen LogP) is 4.22. The lowest BCUT2D eigenvalue weighted by Gasteiger charge is -2.09. The molecule has 3 aromatic rings. The van der Waals surface area contributed by atoms with Gasteiger partial charge < -0.3 is 5.32 Å². The van der Waals surface area contributed by atoms with Crippen LogP contribution in [0.3, 0.4) is 0 Å². The number of thiazole rings is 1. The molecular weight excluding hydrogens is 240 g/mol. The molecule has 0 radical (unpaired) electrons. The first-order valence-electron chi connectivity index (χ1n) is 5.95. The molecular formula is C15H14N2S. The largest absolute Gasteiger partial charge is 0.380 e. The van der Waals surface area contributed by atoms with Crippen molar-refractivity contribution in [1.82, 2.24) is 4.98 Å². The lowest BCUT2D eigenvalue weighted by atomic mass is 10.1. The first-order chi connectivity index (χ1) is 8.84. The summed E-state index contributed by atoms with van der Waals surface area (Å²) >= 11 is 1.70. The van der Waals surface area contributed by atoms with Gasteiger partial charge in [0.05, 0.1) is 17.7 Å². The van der Waals surface area contributed by atoms with Crippen LogP contribution in [0.1, 0.15) is 10.6 Å². The zero-order chi connectivity index (χ0) is 12.4. The van der Waals surface area contributed by atoms with E-state index in [2.05, 4.69) is 59.7 Å². The summed E-state index contributed by atoms with van der Waals surface area (Å²) < 4.78 is 0. The molecule has 18 heavy (non-hydrogen) atoms. The second-order valence-corrected chi connectivity index (χ2v) is 5.18. The maximum Gasteiger partial charge on any atom is 0.0798 e. The molecule has 1 heterocycles. The molecule has 3 rings (SSSR count). The number of rotatable bonds is 3. The van der Waals surface area contributed by atoms with Gasteiger partial charge in [-0.25, -0.2) is 4.98 Å². The minimum Gasteiger partial charge on any atom is -0.380 e. The Bertz CT molecular complexity index is 668. The highest BCUT2D eigenvalue weighted by Gasteiger charge is 2.03. The number of benzene rings is 2. The molecule has 3 heteroatoms. The maximum atomic E-state index is 4.27. The lowest BCUT2D eigenvalue weighted by molar-refractivity contribution is 1.12. The Morgan fingerprint density at radius 3 is 2.78 bits per heavy atom. The third-order valence-electron chi connectivity index (χ3n) is 3.07. The zero-order valence-electron chi connectivity index (χ0n) is 10.2. The van der Waals surface area contributed by atoms with Gasteiger partial charge in [-0.3, -0.25) is 0 Å². The smallest absolute Gasteiger partial charge is 0.0798 e. The van der Waals surface area contributed by atoms with Gasteiger partial charge in [0, 0.05) is 16.0 Å². The average molecular weight is 254 g/mol. The van der Waals surface area contributed by atoms with E-state index in [0.29, 0.717) is 0 Å². The molecule has 0 saturated heterocycles. The number of aryl methyl sites for hydroxylation is 1. The van der Waals surface area contributed by atoms with Gasteiger partial charge in [-0.15, -0.1) is 11.3 Å². The van der Waals surface area contributed by atoms with Gasteiger partial charge in [0.15, 0.2) is 0 Å². The Balaban J connectivity index is 1.89. The van der Waals surface area contributed by atoms with Crippen LogP contribution >= 0.6 is 11.3 Å². The third-order valence-corrected chi connectivity index (χ3v) is 4.01. The van der Waals surface area contributed by atoms with Gasteiger partial charge in [-0.1, -0.05) is 36.4 Å². The highest BCUT2D eigenvalue weighted by atomic mass is 32.1. The van der Waals surface area contributed by atoms with Crippen molar-refractivity contribution in [1.29, 1.82) is 0 Å². The van der Waals surface area contributed by atoms with E-state index in [1.165, 1.54) is 21.3 Å². The molecule has 0 aliphatic rings. The Morgan fingerprint density at radius 2 is 1.94 bits per heavy atom. The molecule has 2 nitrogen and oxygen atoms in total. The van der Waals surface area contributed by atoms with Crippen molar-refractivity contribution in [2.45, 2.75) is 13.5 Å². The minimum absolute atomic E-state index is 0.838. The molecule has 0 amide bonds. The normalized spacial score (nSPS) is 10.7. The summed E-state index contributed by atoms with van der Waals surface area (Å²) in [4.78, 5) is 5.56. The molecule has 0 fully saturated rings. The van der Waals surface area contributed by atoms with Crippen molar-refractivity contribution < 1.29 is 0 Å². The molecule has 0 unspecified atom stereocenters.